The lowest BCUT2D eigenvalue weighted by atomic mass is 10.00. The Bertz CT molecular complexity index is 3120. The van der Waals surface area contributed by atoms with Crippen LogP contribution in [-0.4, -0.2) is 23.9 Å². The zero-order valence-electron chi connectivity index (χ0n) is 28.0. The van der Waals surface area contributed by atoms with Gasteiger partial charge in [-0.05, 0) is 47.9 Å². The summed E-state index contributed by atoms with van der Waals surface area (Å²) in [5, 5.41) is 7.45. The molecule has 0 fully saturated rings. The first-order chi connectivity index (χ1) is 25.8. The first kappa shape index (κ1) is 28.7. The Hall–Kier alpha value is -7.11. The van der Waals surface area contributed by atoms with Gasteiger partial charge in [0.2, 0.25) is 0 Å². The van der Waals surface area contributed by atoms with E-state index in [9.17, 15) is 0 Å². The van der Waals surface area contributed by atoms with Gasteiger partial charge in [0, 0.05) is 49.3 Å². The van der Waals surface area contributed by atoms with Gasteiger partial charge in [-0.2, -0.15) is 0 Å². The minimum Gasteiger partial charge on any atom is -0.309 e. The molecule has 5 heteroatoms. The van der Waals surface area contributed by atoms with Crippen LogP contribution in [0, 0.1) is 0 Å². The lowest BCUT2D eigenvalue weighted by Crippen LogP contribution is -2.01. The molecule has 0 bridgehead atoms. The van der Waals surface area contributed by atoms with Crippen molar-refractivity contribution in [2.24, 2.45) is 0 Å². The van der Waals surface area contributed by atoms with Gasteiger partial charge in [0.1, 0.15) is 0 Å². The van der Waals surface area contributed by atoms with Crippen molar-refractivity contribution in [3.63, 3.8) is 0 Å². The van der Waals surface area contributed by atoms with Crippen molar-refractivity contribution in [3.8, 4) is 39.9 Å². The molecule has 0 saturated heterocycles. The molecule has 242 valence electrons. The van der Waals surface area contributed by atoms with Crippen LogP contribution in [-0.2, 0) is 0 Å². The van der Waals surface area contributed by atoms with Crippen molar-refractivity contribution >= 4 is 59.9 Å². The van der Waals surface area contributed by atoms with Gasteiger partial charge in [-0.1, -0.05) is 133 Å². The fourth-order valence-corrected chi connectivity index (χ4v) is 8.05. The molecule has 5 nitrogen and oxygen atoms in total. The Kier molecular flexibility index (Phi) is 6.18. The fourth-order valence-electron chi connectivity index (χ4n) is 8.05. The standard InChI is InChI=1S/C47H29N5/c1-3-14-30(15-4-1)45-48-46(31-16-5-2-6-17-31)50-47(49-45)33-19-13-20-34(28-33)51-39-25-12-10-23-37(39)44-40(51)26-27-41-43(44)36-22-9-8-21-35(36)42-29-32-18-7-11-24-38(32)52(41)42/h1-29H. The molecule has 0 aliphatic heterocycles. The predicted molar refractivity (Wildman–Crippen MR) is 214 cm³/mol. The number of hydrogen-bond donors (Lipinski definition) is 0. The minimum absolute atomic E-state index is 0.633. The maximum absolute atomic E-state index is 5.04. The zero-order valence-corrected chi connectivity index (χ0v) is 28.0. The molecule has 4 aromatic heterocycles. The fraction of sp³-hybridized carbons (Fsp3) is 0. The van der Waals surface area contributed by atoms with E-state index in [0.717, 1.165) is 33.4 Å². The quantitative estimate of drug-likeness (QED) is 0.176. The number of benzene rings is 7. The van der Waals surface area contributed by atoms with Crippen LogP contribution in [0.2, 0.25) is 0 Å². The van der Waals surface area contributed by atoms with Gasteiger partial charge in [-0.25, -0.2) is 15.0 Å². The third-order valence-corrected chi connectivity index (χ3v) is 10.3. The highest BCUT2D eigenvalue weighted by molar-refractivity contribution is 6.30. The number of nitrogens with zero attached hydrogens (tertiary/aromatic N) is 5. The van der Waals surface area contributed by atoms with Crippen molar-refractivity contribution in [1.29, 1.82) is 0 Å². The SMILES string of the molecule is c1ccc(-c2nc(-c3ccccc3)nc(-c3cccc(-n4c5ccccc5c5c6c7ccccc7c7cc8ccccc8n7c6ccc54)c3)n2)cc1. The van der Waals surface area contributed by atoms with E-state index in [-0.39, 0.29) is 0 Å². The van der Waals surface area contributed by atoms with Crippen LogP contribution in [0.4, 0.5) is 0 Å². The van der Waals surface area contributed by atoms with E-state index in [2.05, 4.69) is 124 Å². The maximum atomic E-state index is 5.04. The Labute approximate surface area is 298 Å². The number of fused-ring (bicyclic) bond motifs is 12. The summed E-state index contributed by atoms with van der Waals surface area (Å²) in [6, 6.07) is 62.0. The van der Waals surface area contributed by atoms with Crippen molar-refractivity contribution in [1.82, 2.24) is 23.9 Å². The molecule has 0 radical (unpaired) electrons. The molecule has 0 aliphatic carbocycles. The second-order valence-corrected chi connectivity index (χ2v) is 13.3. The summed E-state index contributed by atoms with van der Waals surface area (Å²) in [5.41, 5.74) is 9.80. The molecule has 0 unspecified atom stereocenters. The van der Waals surface area contributed by atoms with E-state index in [1.807, 2.05) is 60.7 Å². The minimum atomic E-state index is 0.633. The van der Waals surface area contributed by atoms with Crippen LogP contribution in [0.15, 0.2) is 176 Å². The van der Waals surface area contributed by atoms with E-state index >= 15 is 0 Å². The summed E-state index contributed by atoms with van der Waals surface area (Å²) < 4.78 is 4.83. The number of hydrogen-bond acceptors (Lipinski definition) is 3. The molecule has 0 spiro atoms. The molecule has 11 rings (SSSR count). The highest BCUT2D eigenvalue weighted by Gasteiger charge is 2.20. The molecule has 0 N–H and O–H groups in total. The van der Waals surface area contributed by atoms with E-state index in [1.54, 1.807) is 0 Å². The van der Waals surface area contributed by atoms with Crippen LogP contribution < -0.4 is 0 Å². The second kappa shape index (κ2) is 11.2. The third kappa shape index (κ3) is 4.26. The summed E-state index contributed by atoms with van der Waals surface area (Å²) in [4.78, 5) is 15.0. The molecule has 4 heterocycles. The number of pyridine rings is 1. The summed E-state index contributed by atoms with van der Waals surface area (Å²) in [6.45, 7) is 0. The Morgan fingerprint density at radius 2 is 0.865 bits per heavy atom. The molecule has 0 aliphatic rings. The normalized spacial score (nSPS) is 11.8. The monoisotopic (exact) mass is 663 g/mol. The van der Waals surface area contributed by atoms with Crippen LogP contribution in [0.3, 0.4) is 0 Å². The van der Waals surface area contributed by atoms with Crippen molar-refractivity contribution in [2.75, 3.05) is 0 Å². The molecular weight excluding hydrogens is 635 g/mol. The topological polar surface area (TPSA) is 48.0 Å². The predicted octanol–water partition coefficient (Wildman–Crippen LogP) is 11.7. The van der Waals surface area contributed by atoms with Gasteiger partial charge in [0.15, 0.2) is 17.5 Å². The number of rotatable bonds is 4. The Morgan fingerprint density at radius 3 is 1.60 bits per heavy atom. The average molecular weight is 664 g/mol. The number of aromatic nitrogens is 5. The zero-order chi connectivity index (χ0) is 34.2. The summed E-state index contributed by atoms with van der Waals surface area (Å²) >= 11 is 0. The highest BCUT2D eigenvalue weighted by atomic mass is 15.0. The van der Waals surface area contributed by atoms with Crippen LogP contribution in [0.1, 0.15) is 0 Å². The van der Waals surface area contributed by atoms with Crippen molar-refractivity contribution in [3.05, 3.63) is 176 Å². The smallest absolute Gasteiger partial charge is 0.164 e. The largest absolute Gasteiger partial charge is 0.309 e. The van der Waals surface area contributed by atoms with E-state index < -0.39 is 0 Å². The van der Waals surface area contributed by atoms with Gasteiger partial charge in [-0.3, -0.25) is 0 Å². The molecule has 0 atom stereocenters. The Balaban J connectivity index is 1.19. The van der Waals surface area contributed by atoms with E-state index in [1.165, 1.54) is 48.9 Å². The summed E-state index contributed by atoms with van der Waals surface area (Å²) in [5.74, 6) is 1.93. The second-order valence-electron chi connectivity index (χ2n) is 13.3. The highest BCUT2D eigenvalue weighted by Crippen LogP contribution is 2.42. The van der Waals surface area contributed by atoms with Gasteiger partial charge in [-0.15, -0.1) is 0 Å². The molecule has 0 amide bonds. The summed E-state index contributed by atoms with van der Waals surface area (Å²) in [6.07, 6.45) is 0. The first-order valence-corrected chi connectivity index (χ1v) is 17.5. The lowest BCUT2D eigenvalue weighted by Gasteiger charge is -2.13. The van der Waals surface area contributed by atoms with Gasteiger partial charge < -0.3 is 8.97 Å². The van der Waals surface area contributed by atoms with Gasteiger partial charge >= 0.3 is 0 Å². The average Bonchev–Trinajstić information content (AvgIpc) is 3.78. The summed E-state index contributed by atoms with van der Waals surface area (Å²) in [7, 11) is 0. The van der Waals surface area contributed by atoms with Crippen LogP contribution in [0.25, 0.3) is 99.8 Å². The van der Waals surface area contributed by atoms with Gasteiger partial charge in [0.25, 0.3) is 0 Å². The maximum Gasteiger partial charge on any atom is 0.164 e. The first-order valence-electron chi connectivity index (χ1n) is 17.5. The third-order valence-electron chi connectivity index (χ3n) is 10.3. The van der Waals surface area contributed by atoms with E-state index in [4.69, 9.17) is 15.0 Å². The molecular formula is C47H29N5. The van der Waals surface area contributed by atoms with Crippen molar-refractivity contribution < 1.29 is 0 Å². The molecule has 7 aromatic carbocycles. The Morgan fingerprint density at radius 1 is 0.327 bits per heavy atom. The molecule has 52 heavy (non-hydrogen) atoms. The van der Waals surface area contributed by atoms with Gasteiger partial charge in [0.05, 0.1) is 27.6 Å². The van der Waals surface area contributed by atoms with E-state index in [0.29, 0.717) is 17.5 Å². The number of para-hydroxylation sites is 2. The molecule has 0 saturated carbocycles. The van der Waals surface area contributed by atoms with Crippen LogP contribution >= 0.6 is 0 Å². The molecule has 11 aromatic rings. The van der Waals surface area contributed by atoms with Crippen LogP contribution in [0.5, 0.6) is 0 Å². The van der Waals surface area contributed by atoms with Crippen molar-refractivity contribution in [2.45, 2.75) is 0 Å². The lowest BCUT2D eigenvalue weighted by molar-refractivity contribution is 1.07.